The largest absolute Gasteiger partial charge is 0.370 e. The van der Waals surface area contributed by atoms with Crippen molar-refractivity contribution in [3.8, 4) is 0 Å². The number of aliphatic imine (C=N–C) groups is 5. The van der Waals surface area contributed by atoms with Gasteiger partial charge < -0.3 is 132 Å². The highest BCUT2D eigenvalue weighted by Gasteiger charge is 2.39. The Morgan fingerprint density at radius 2 is 0.705 bits per heavy atom. The lowest BCUT2D eigenvalue weighted by molar-refractivity contribution is -0.137. The number of carbonyl (C=O) groups excluding carboxylic acids is 12. The number of para-hydroxylation sites is 1. The maximum atomic E-state index is 15.0. The standard InChI is InChI=1S/C71H127N29O12/c1-12-38(9)53(100-62(108)49(32-35(3)4)96-59(105)46(24-18-29-86-69(78)79)93-63(109)51(72)36(5)6)65(111)95-48(26-31-88-71(82)83)57(103)90-40(11)56(102)98-52(37(7)8)64(110)94-47(25-19-30-87-70(80)81)60(106)99-54(39(10)13-2)66(112)97-50(33-41-34-89-43-21-15-14-20-42(41)43)61(107)92-45(23-17-28-85-68(76)77)58(104)91-44(55(73)101)22-16-27-84-67(74)75/h14-15,20-21,34-40,44-54,89H,12-13,16-19,22-33,72H2,1-11H3,(H2,73,101)(H,90,103)(H,91,104)(H,92,107)(H,93,109)(H,94,110)(H,95,111)(H,96,105)(H,97,112)(H,98,102)(H,99,106)(H,100,108)(H4,74,75,84)(H4,76,77,85)(H4,78,79,86)(H4,80,81,87)(H4,82,83,88)/t38-,39-,40-,44-,45-,46-,47-,48-,49-,50-,51-,52-,53-,54-/m0/s1. The molecule has 0 bridgehead atoms. The summed E-state index contributed by atoms with van der Waals surface area (Å²) in [6, 6.07) is -8.73. The predicted molar refractivity (Wildman–Crippen MR) is 429 cm³/mol. The number of hydrogen-bond donors (Lipinski definition) is 24. The summed E-state index contributed by atoms with van der Waals surface area (Å²) in [6.07, 6.45) is 2.56. The van der Waals surface area contributed by atoms with Gasteiger partial charge in [0.05, 0.1) is 6.04 Å². The number of H-pyrrole nitrogens is 1. The van der Waals surface area contributed by atoms with Crippen LogP contribution >= 0.6 is 0 Å². The topological polar surface area (TPSA) is 727 Å². The fraction of sp³-hybridized carbons (Fsp3) is 0.648. The molecule has 0 aliphatic carbocycles. The number of nitrogens with two attached hydrogens (primary N) is 12. The highest BCUT2D eigenvalue weighted by Crippen LogP contribution is 2.21. The van der Waals surface area contributed by atoms with Crippen molar-refractivity contribution < 1.29 is 57.5 Å². The minimum atomic E-state index is -1.47. The number of hydrogen-bond acceptors (Lipinski definition) is 18. The summed E-state index contributed by atoms with van der Waals surface area (Å²) in [5.74, 6) is -13.4. The number of primary amides is 1. The Bertz CT molecular complexity index is 3580. The molecule has 0 saturated heterocycles. The molecule has 0 unspecified atom stereocenters. The summed E-state index contributed by atoms with van der Waals surface area (Å²) in [6.45, 7) is 18.6. The lowest BCUT2D eigenvalue weighted by atomic mass is 9.96. The summed E-state index contributed by atoms with van der Waals surface area (Å²) >= 11 is 0. The average Bonchev–Trinajstić information content (AvgIpc) is 1.65. The van der Waals surface area contributed by atoms with Crippen molar-refractivity contribution in [2.75, 3.05) is 32.7 Å². The molecule has 12 amide bonds. The van der Waals surface area contributed by atoms with E-state index >= 15 is 0 Å². The fourth-order valence-electron chi connectivity index (χ4n) is 11.4. The number of fused-ring (bicyclic) bond motifs is 1. The van der Waals surface area contributed by atoms with Gasteiger partial charge in [-0.3, -0.25) is 82.5 Å². The zero-order chi connectivity index (χ0) is 84.6. The van der Waals surface area contributed by atoms with Crippen LogP contribution in [-0.2, 0) is 64.0 Å². The molecule has 2 rings (SSSR count). The van der Waals surface area contributed by atoms with Gasteiger partial charge in [0.25, 0.3) is 0 Å². The molecular weight excluding hydrogens is 1450 g/mol. The van der Waals surface area contributed by atoms with Crippen LogP contribution < -0.4 is 127 Å². The van der Waals surface area contributed by atoms with E-state index in [-0.39, 0.29) is 151 Å². The molecular formula is C71H127N29O12. The number of aromatic nitrogens is 1. The third-order valence-electron chi connectivity index (χ3n) is 18.4. The van der Waals surface area contributed by atoms with Crippen LogP contribution in [0.2, 0.25) is 0 Å². The first-order valence-corrected chi connectivity index (χ1v) is 37.8. The van der Waals surface area contributed by atoms with Crippen LogP contribution in [0.1, 0.15) is 159 Å². The van der Waals surface area contributed by atoms with Gasteiger partial charge in [0.2, 0.25) is 70.9 Å². The van der Waals surface area contributed by atoms with Crippen molar-refractivity contribution in [2.24, 2.45) is 123 Å². The van der Waals surface area contributed by atoms with Gasteiger partial charge in [-0.05, 0) is 112 Å². The lowest BCUT2D eigenvalue weighted by Gasteiger charge is -2.30. The van der Waals surface area contributed by atoms with Gasteiger partial charge in [-0.25, -0.2) is 0 Å². The molecule has 628 valence electrons. The second-order valence-electron chi connectivity index (χ2n) is 28.9. The molecule has 14 atom stereocenters. The Morgan fingerprint density at radius 1 is 0.366 bits per heavy atom. The third-order valence-corrected chi connectivity index (χ3v) is 18.4. The molecule has 0 radical (unpaired) electrons. The van der Waals surface area contributed by atoms with Crippen LogP contribution in [0.25, 0.3) is 10.9 Å². The van der Waals surface area contributed by atoms with E-state index in [2.05, 4.69) is 88.4 Å². The zero-order valence-corrected chi connectivity index (χ0v) is 66.5. The Labute approximate surface area is 654 Å². The molecule has 1 aromatic heterocycles. The Hall–Kier alpha value is -11.3. The monoisotopic (exact) mass is 1580 g/mol. The number of nitrogens with zero attached hydrogens (tertiary/aromatic N) is 5. The van der Waals surface area contributed by atoms with Crippen LogP contribution in [0.5, 0.6) is 0 Å². The summed E-state index contributed by atoms with van der Waals surface area (Å²) in [7, 11) is 0. The fourth-order valence-corrected chi connectivity index (χ4v) is 11.4. The summed E-state index contributed by atoms with van der Waals surface area (Å²) in [4.78, 5) is 194. The quantitative estimate of drug-likeness (QED) is 0.0167. The lowest BCUT2D eigenvalue weighted by Crippen LogP contribution is -2.62. The maximum Gasteiger partial charge on any atom is 0.243 e. The number of amides is 12. The molecule has 41 heteroatoms. The van der Waals surface area contributed by atoms with Crippen LogP contribution in [0, 0.1) is 29.6 Å². The molecule has 41 nitrogen and oxygen atoms in total. The molecule has 1 aromatic carbocycles. The maximum absolute atomic E-state index is 15.0. The minimum Gasteiger partial charge on any atom is -0.370 e. The van der Waals surface area contributed by atoms with E-state index < -0.39 is 161 Å². The zero-order valence-electron chi connectivity index (χ0n) is 66.5. The third kappa shape index (κ3) is 35.6. The van der Waals surface area contributed by atoms with Gasteiger partial charge in [-0.1, -0.05) is 100 Å². The van der Waals surface area contributed by atoms with Crippen LogP contribution in [-0.4, -0.2) is 211 Å². The number of carbonyl (C=O) groups is 12. The second kappa shape index (κ2) is 49.8. The Balaban J connectivity index is 2.58. The first-order chi connectivity index (χ1) is 52.6. The smallest absolute Gasteiger partial charge is 0.243 e. The van der Waals surface area contributed by atoms with Gasteiger partial charge >= 0.3 is 0 Å². The normalized spacial score (nSPS) is 14.9. The predicted octanol–water partition coefficient (Wildman–Crippen LogP) is -5.80. The van der Waals surface area contributed by atoms with Gasteiger partial charge in [-0.2, -0.15) is 0 Å². The number of benzene rings is 1. The highest BCUT2D eigenvalue weighted by molar-refractivity contribution is 6.00. The van der Waals surface area contributed by atoms with Crippen molar-refractivity contribution in [1.82, 2.24) is 63.5 Å². The molecule has 1 heterocycles. The first-order valence-electron chi connectivity index (χ1n) is 37.8. The Morgan fingerprint density at radius 3 is 1.12 bits per heavy atom. The van der Waals surface area contributed by atoms with Gasteiger partial charge in [0.1, 0.15) is 66.5 Å². The molecule has 0 fully saturated rings. The van der Waals surface area contributed by atoms with Crippen molar-refractivity contribution in [3.05, 3.63) is 36.0 Å². The Kier molecular flexibility index (Phi) is 43.0. The van der Waals surface area contributed by atoms with E-state index in [0.717, 1.165) is 0 Å². The van der Waals surface area contributed by atoms with E-state index in [1.54, 1.807) is 85.9 Å². The van der Waals surface area contributed by atoms with Gasteiger partial charge in [0.15, 0.2) is 29.8 Å². The molecule has 0 spiro atoms. The summed E-state index contributed by atoms with van der Waals surface area (Å²) in [5.41, 5.74) is 68.7. The number of aromatic amines is 1. The van der Waals surface area contributed by atoms with Crippen molar-refractivity contribution in [2.45, 2.75) is 232 Å². The molecule has 0 aliphatic rings. The van der Waals surface area contributed by atoms with E-state index in [4.69, 9.17) is 68.8 Å². The number of rotatable bonds is 52. The van der Waals surface area contributed by atoms with Crippen molar-refractivity contribution in [3.63, 3.8) is 0 Å². The SMILES string of the molecule is CC[C@H](C)[C@H](NC(=O)[C@H](CC(C)C)NC(=O)[C@H](CCCN=C(N)N)NC(=O)[C@@H](N)C(C)C)C(=O)N[C@@H](CCN=C(N)N)C(=O)N[C@@H](C)C(=O)N[C@H](C(=O)N[C@@H](CCCN=C(N)N)C(=O)N[C@H](C(=O)N[C@@H](Cc1c[nH]c2ccccc12)C(=O)N[C@@H](CCCN=C(N)N)C(=O)N[C@@H](CCCN=C(N)N)C(N)=O)[C@@H](C)CC)C(C)C. The molecule has 36 N–H and O–H groups in total. The summed E-state index contributed by atoms with van der Waals surface area (Å²) < 4.78 is 0. The van der Waals surface area contributed by atoms with E-state index in [9.17, 15) is 57.5 Å². The van der Waals surface area contributed by atoms with Crippen LogP contribution in [0.15, 0.2) is 55.4 Å². The van der Waals surface area contributed by atoms with Crippen LogP contribution in [0.4, 0.5) is 0 Å². The molecule has 112 heavy (non-hydrogen) atoms. The average molecular weight is 1580 g/mol. The number of nitrogens with one attached hydrogen (secondary N) is 12. The molecule has 0 aliphatic heterocycles. The minimum absolute atomic E-state index is 0.0120. The van der Waals surface area contributed by atoms with E-state index in [1.807, 2.05) is 13.8 Å². The van der Waals surface area contributed by atoms with Gasteiger partial charge in [0, 0.05) is 56.2 Å². The second-order valence-corrected chi connectivity index (χ2v) is 28.9. The van der Waals surface area contributed by atoms with E-state index in [0.29, 0.717) is 22.9 Å². The molecule has 0 saturated carbocycles. The van der Waals surface area contributed by atoms with Crippen LogP contribution in [0.3, 0.4) is 0 Å². The first kappa shape index (κ1) is 96.8. The molecule has 2 aromatic rings. The van der Waals surface area contributed by atoms with Gasteiger partial charge in [-0.15, -0.1) is 0 Å². The summed E-state index contributed by atoms with van der Waals surface area (Å²) in [5, 5.41) is 30.4. The van der Waals surface area contributed by atoms with Crippen molar-refractivity contribution >= 4 is 112 Å². The van der Waals surface area contributed by atoms with Crippen molar-refractivity contribution in [1.29, 1.82) is 0 Å². The highest BCUT2D eigenvalue weighted by atomic mass is 16.2. The number of guanidine groups is 5. The van der Waals surface area contributed by atoms with E-state index in [1.165, 1.54) is 6.92 Å².